The number of benzene rings is 1. The zero-order valence-electron chi connectivity index (χ0n) is 9.18. The third-order valence-electron chi connectivity index (χ3n) is 3.03. The van der Waals surface area contributed by atoms with Crippen LogP contribution in [0.2, 0.25) is 0 Å². The zero-order chi connectivity index (χ0) is 10.8. The first-order valence-corrected chi connectivity index (χ1v) is 5.27. The highest BCUT2D eigenvalue weighted by Crippen LogP contribution is 2.31. The fourth-order valence-corrected chi connectivity index (χ4v) is 2.01. The largest absolute Gasteiger partial charge is 0.496 e. The van der Waals surface area contributed by atoms with Crippen molar-refractivity contribution in [3.05, 3.63) is 29.8 Å². The minimum atomic E-state index is -0.151. The summed E-state index contributed by atoms with van der Waals surface area (Å²) in [5, 5.41) is 9.27. The van der Waals surface area contributed by atoms with E-state index in [0.717, 1.165) is 18.8 Å². The normalized spacial score (nSPS) is 19.7. The summed E-state index contributed by atoms with van der Waals surface area (Å²) < 4.78 is 5.32. The minimum absolute atomic E-state index is 0.151. The summed E-state index contributed by atoms with van der Waals surface area (Å²) in [6.45, 7) is 3.67. The number of aliphatic hydroxyl groups is 1. The number of hydrogen-bond acceptors (Lipinski definition) is 3. The third-order valence-corrected chi connectivity index (χ3v) is 3.03. The Morgan fingerprint density at radius 1 is 1.40 bits per heavy atom. The summed E-state index contributed by atoms with van der Waals surface area (Å²) in [7, 11) is 1.69. The molecule has 0 bridgehead atoms. The highest BCUT2D eigenvalue weighted by molar-refractivity contribution is 5.35. The second-order valence-electron chi connectivity index (χ2n) is 4.03. The molecule has 0 amide bonds. The van der Waals surface area contributed by atoms with Gasteiger partial charge >= 0.3 is 0 Å². The number of aliphatic hydroxyl groups excluding tert-OH is 1. The van der Waals surface area contributed by atoms with E-state index < -0.39 is 0 Å². The number of likely N-dealkylation sites (tertiary alicyclic amines) is 1. The summed E-state index contributed by atoms with van der Waals surface area (Å²) >= 11 is 0. The monoisotopic (exact) mass is 207 g/mol. The summed E-state index contributed by atoms with van der Waals surface area (Å²) in [5.74, 6) is 0.923. The van der Waals surface area contributed by atoms with Crippen LogP contribution >= 0.6 is 0 Å². The summed E-state index contributed by atoms with van der Waals surface area (Å²) in [6.07, 6.45) is -0.151. The summed E-state index contributed by atoms with van der Waals surface area (Å²) in [5.41, 5.74) is 1.19. The Morgan fingerprint density at radius 3 is 2.67 bits per heavy atom. The van der Waals surface area contributed by atoms with Gasteiger partial charge in [0, 0.05) is 24.7 Å². The molecule has 0 aromatic heterocycles. The van der Waals surface area contributed by atoms with Crippen LogP contribution in [-0.2, 0) is 0 Å². The van der Waals surface area contributed by atoms with Gasteiger partial charge in [-0.05, 0) is 13.0 Å². The number of hydrogen-bond donors (Lipinski definition) is 1. The van der Waals surface area contributed by atoms with Gasteiger partial charge in [0.1, 0.15) is 5.75 Å². The number of ether oxygens (including phenoxy) is 1. The van der Waals surface area contributed by atoms with Crippen LogP contribution in [0.3, 0.4) is 0 Å². The molecule has 1 aromatic rings. The maximum Gasteiger partial charge on any atom is 0.123 e. The standard InChI is InChI=1S/C12H17NO2/c1-9(13-7-10(14)8-13)11-5-3-4-6-12(11)15-2/h3-6,9-10,14H,7-8H2,1-2H3/t9-/m0/s1. The number of rotatable bonds is 3. The molecule has 1 fully saturated rings. The van der Waals surface area contributed by atoms with E-state index in [9.17, 15) is 5.11 Å². The molecule has 0 radical (unpaired) electrons. The number of nitrogens with zero attached hydrogens (tertiary/aromatic N) is 1. The van der Waals surface area contributed by atoms with Crippen molar-refractivity contribution in [1.29, 1.82) is 0 Å². The molecule has 1 aliphatic rings. The maximum atomic E-state index is 9.27. The highest BCUT2D eigenvalue weighted by atomic mass is 16.5. The van der Waals surface area contributed by atoms with Gasteiger partial charge in [0.15, 0.2) is 0 Å². The van der Waals surface area contributed by atoms with Crippen molar-refractivity contribution < 1.29 is 9.84 Å². The van der Waals surface area contributed by atoms with Crippen molar-refractivity contribution in [2.24, 2.45) is 0 Å². The Balaban J connectivity index is 2.14. The lowest BCUT2D eigenvalue weighted by atomic mass is 10.0. The van der Waals surface area contributed by atoms with E-state index in [0.29, 0.717) is 6.04 Å². The molecule has 1 atom stereocenters. The smallest absolute Gasteiger partial charge is 0.123 e. The van der Waals surface area contributed by atoms with Crippen molar-refractivity contribution >= 4 is 0 Å². The van der Waals surface area contributed by atoms with Gasteiger partial charge < -0.3 is 9.84 Å². The number of para-hydroxylation sites is 1. The SMILES string of the molecule is COc1ccccc1[C@H](C)N1CC(O)C1. The van der Waals surface area contributed by atoms with Crippen molar-refractivity contribution in [2.45, 2.75) is 19.1 Å². The molecule has 1 N–H and O–H groups in total. The van der Waals surface area contributed by atoms with Crippen LogP contribution in [0.15, 0.2) is 24.3 Å². The first kappa shape index (κ1) is 10.5. The van der Waals surface area contributed by atoms with Gasteiger partial charge in [0.05, 0.1) is 13.2 Å². The van der Waals surface area contributed by atoms with Crippen LogP contribution in [0.4, 0.5) is 0 Å². The van der Waals surface area contributed by atoms with E-state index in [4.69, 9.17) is 4.74 Å². The molecule has 0 saturated carbocycles. The van der Waals surface area contributed by atoms with Gasteiger partial charge in [-0.2, -0.15) is 0 Å². The lowest BCUT2D eigenvalue weighted by molar-refractivity contribution is -0.0215. The Hall–Kier alpha value is -1.06. The molecular formula is C12H17NO2. The van der Waals surface area contributed by atoms with Gasteiger partial charge in [0.2, 0.25) is 0 Å². The Labute approximate surface area is 90.3 Å². The van der Waals surface area contributed by atoms with E-state index in [1.54, 1.807) is 7.11 Å². The lowest BCUT2D eigenvalue weighted by Gasteiger charge is -2.40. The van der Waals surface area contributed by atoms with Gasteiger partial charge in [-0.15, -0.1) is 0 Å². The van der Waals surface area contributed by atoms with Crippen LogP contribution < -0.4 is 4.74 Å². The molecule has 1 saturated heterocycles. The van der Waals surface area contributed by atoms with Crippen LogP contribution in [0, 0.1) is 0 Å². The predicted molar refractivity (Wildman–Crippen MR) is 59.0 cm³/mol. The molecular weight excluding hydrogens is 190 g/mol. The minimum Gasteiger partial charge on any atom is -0.496 e. The van der Waals surface area contributed by atoms with E-state index in [2.05, 4.69) is 17.9 Å². The van der Waals surface area contributed by atoms with Gasteiger partial charge in [-0.1, -0.05) is 18.2 Å². The lowest BCUT2D eigenvalue weighted by Crippen LogP contribution is -2.51. The number of β-amino-alcohol motifs (C(OH)–C–C–N with tert-alkyl or cyclic N) is 1. The van der Waals surface area contributed by atoms with Gasteiger partial charge in [-0.25, -0.2) is 0 Å². The zero-order valence-corrected chi connectivity index (χ0v) is 9.18. The van der Waals surface area contributed by atoms with E-state index in [1.807, 2.05) is 18.2 Å². The Kier molecular flexibility index (Phi) is 2.93. The number of methoxy groups -OCH3 is 1. The van der Waals surface area contributed by atoms with Crippen LogP contribution in [0.5, 0.6) is 5.75 Å². The Morgan fingerprint density at radius 2 is 2.07 bits per heavy atom. The average molecular weight is 207 g/mol. The molecule has 2 rings (SSSR count). The van der Waals surface area contributed by atoms with Gasteiger partial charge in [-0.3, -0.25) is 4.90 Å². The molecule has 82 valence electrons. The van der Waals surface area contributed by atoms with E-state index >= 15 is 0 Å². The first-order valence-electron chi connectivity index (χ1n) is 5.27. The molecule has 1 heterocycles. The predicted octanol–water partition coefficient (Wildman–Crippen LogP) is 1.43. The fourth-order valence-electron chi connectivity index (χ4n) is 2.01. The highest BCUT2D eigenvalue weighted by Gasteiger charge is 2.30. The fraction of sp³-hybridized carbons (Fsp3) is 0.500. The molecule has 0 aliphatic carbocycles. The van der Waals surface area contributed by atoms with E-state index in [1.165, 1.54) is 5.56 Å². The molecule has 3 heteroatoms. The Bertz CT molecular complexity index is 334. The van der Waals surface area contributed by atoms with Crippen LogP contribution in [0.25, 0.3) is 0 Å². The third kappa shape index (κ3) is 1.98. The maximum absolute atomic E-state index is 9.27. The summed E-state index contributed by atoms with van der Waals surface area (Å²) in [6, 6.07) is 8.35. The van der Waals surface area contributed by atoms with Crippen LogP contribution in [0.1, 0.15) is 18.5 Å². The van der Waals surface area contributed by atoms with Crippen molar-refractivity contribution in [2.75, 3.05) is 20.2 Å². The molecule has 0 unspecified atom stereocenters. The quantitative estimate of drug-likeness (QED) is 0.814. The van der Waals surface area contributed by atoms with Crippen molar-refractivity contribution in [1.82, 2.24) is 4.90 Å². The van der Waals surface area contributed by atoms with Crippen molar-refractivity contribution in [3.8, 4) is 5.75 Å². The average Bonchev–Trinajstić information content (AvgIpc) is 2.24. The van der Waals surface area contributed by atoms with Gasteiger partial charge in [0.25, 0.3) is 0 Å². The second kappa shape index (κ2) is 4.21. The molecule has 1 aromatic carbocycles. The molecule has 15 heavy (non-hydrogen) atoms. The van der Waals surface area contributed by atoms with Crippen molar-refractivity contribution in [3.63, 3.8) is 0 Å². The summed E-state index contributed by atoms with van der Waals surface area (Å²) in [4.78, 5) is 2.24. The topological polar surface area (TPSA) is 32.7 Å². The molecule has 0 spiro atoms. The molecule has 1 aliphatic heterocycles. The van der Waals surface area contributed by atoms with E-state index in [-0.39, 0.29) is 6.10 Å². The first-order chi connectivity index (χ1) is 7.22. The van der Waals surface area contributed by atoms with Crippen LogP contribution in [-0.4, -0.2) is 36.3 Å². The second-order valence-corrected chi connectivity index (χ2v) is 4.03. The molecule has 3 nitrogen and oxygen atoms in total.